The molecular formula is C15H14N2O4. The molecule has 6 nitrogen and oxygen atoms in total. The quantitative estimate of drug-likeness (QED) is 0.906. The van der Waals surface area contributed by atoms with Gasteiger partial charge in [0.2, 0.25) is 0 Å². The number of aromatic carboxylic acids is 1. The van der Waals surface area contributed by atoms with E-state index in [0.717, 1.165) is 16.7 Å². The van der Waals surface area contributed by atoms with Crippen molar-refractivity contribution in [2.24, 2.45) is 0 Å². The molecule has 2 heterocycles. The number of hydrogen-bond donors (Lipinski definition) is 2. The molecule has 0 fully saturated rings. The third-order valence-corrected chi connectivity index (χ3v) is 3.49. The number of rotatable bonds is 3. The van der Waals surface area contributed by atoms with Crippen molar-refractivity contribution >= 4 is 12.0 Å². The Morgan fingerprint density at radius 2 is 2.05 bits per heavy atom. The van der Waals surface area contributed by atoms with Gasteiger partial charge in [-0.05, 0) is 29.3 Å². The highest BCUT2D eigenvalue weighted by molar-refractivity contribution is 5.88. The van der Waals surface area contributed by atoms with Crippen molar-refractivity contribution in [1.82, 2.24) is 10.2 Å². The minimum absolute atomic E-state index is 0.177. The average molecular weight is 286 g/mol. The normalized spacial score (nSPS) is 13.0. The van der Waals surface area contributed by atoms with Crippen LogP contribution in [-0.2, 0) is 19.6 Å². The molecule has 0 saturated carbocycles. The summed E-state index contributed by atoms with van der Waals surface area (Å²) in [4.78, 5) is 24.7. The number of fused-ring (bicyclic) bond motifs is 1. The molecule has 2 N–H and O–H groups in total. The second-order valence-corrected chi connectivity index (χ2v) is 4.94. The molecule has 1 aromatic heterocycles. The number of urea groups is 1. The van der Waals surface area contributed by atoms with Crippen LogP contribution >= 0.6 is 0 Å². The Labute approximate surface area is 121 Å². The minimum Gasteiger partial charge on any atom is -0.478 e. The van der Waals surface area contributed by atoms with E-state index in [0.29, 0.717) is 19.6 Å². The zero-order valence-corrected chi connectivity index (χ0v) is 11.2. The van der Waals surface area contributed by atoms with E-state index in [4.69, 9.17) is 9.52 Å². The van der Waals surface area contributed by atoms with Crippen LogP contribution in [0.1, 0.15) is 27.0 Å². The van der Waals surface area contributed by atoms with E-state index in [-0.39, 0.29) is 11.6 Å². The highest BCUT2D eigenvalue weighted by Crippen LogP contribution is 2.24. The number of carboxylic acid groups (broad SMARTS) is 1. The van der Waals surface area contributed by atoms with Crippen LogP contribution in [0.2, 0.25) is 0 Å². The Morgan fingerprint density at radius 1 is 1.24 bits per heavy atom. The summed E-state index contributed by atoms with van der Waals surface area (Å²) >= 11 is 0. The zero-order chi connectivity index (χ0) is 14.8. The van der Waals surface area contributed by atoms with Gasteiger partial charge in [-0.2, -0.15) is 0 Å². The molecule has 2 amide bonds. The van der Waals surface area contributed by atoms with E-state index < -0.39 is 5.97 Å². The van der Waals surface area contributed by atoms with Gasteiger partial charge in [0.05, 0.1) is 18.1 Å². The lowest BCUT2D eigenvalue weighted by molar-refractivity contribution is 0.0696. The summed E-state index contributed by atoms with van der Waals surface area (Å²) in [7, 11) is 0. The number of nitrogens with one attached hydrogen (secondary N) is 1. The molecule has 0 bridgehead atoms. The Hall–Kier alpha value is -2.76. The lowest BCUT2D eigenvalue weighted by atomic mass is 10.1. The molecule has 1 aliphatic heterocycles. The Bertz CT molecular complexity index is 679. The maximum absolute atomic E-state index is 12.1. The molecule has 1 aromatic carbocycles. The number of benzene rings is 1. The van der Waals surface area contributed by atoms with Crippen molar-refractivity contribution in [2.75, 3.05) is 0 Å². The number of carboxylic acids is 1. The van der Waals surface area contributed by atoms with Crippen LogP contribution in [0.25, 0.3) is 0 Å². The van der Waals surface area contributed by atoms with Gasteiger partial charge >= 0.3 is 12.0 Å². The molecule has 6 heteroatoms. The van der Waals surface area contributed by atoms with E-state index in [9.17, 15) is 9.59 Å². The van der Waals surface area contributed by atoms with Crippen LogP contribution in [0.3, 0.4) is 0 Å². The summed E-state index contributed by atoms with van der Waals surface area (Å²) in [5.41, 5.74) is 3.01. The summed E-state index contributed by atoms with van der Waals surface area (Å²) in [6.45, 7) is 1.32. The summed E-state index contributed by atoms with van der Waals surface area (Å²) in [5, 5.41) is 11.8. The maximum atomic E-state index is 12.1. The summed E-state index contributed by atoms with van der Waals surface area (Å²) in [5.74, 6) is -0.958. The first-order valence-electron chi connectivity index (χ1n) is 6.52. The number of amides is 2. The summed E-state index contributed by atoms with van der Waals surface area (Å²) in [6.07, 6.45) is 3.14. The topological polar surface area (TPSA) is 82.8 Å². The molecule has 0 atom stereocenters. The van der Waals surface area contributed by atoms with Gasteiger partial charge in [0.25, 0.3) is 0 Å². The van der Waals surface area contributed by atoms with Crippen LogP contribution in [0.5, 0.6) is 0 Å². The third kappa shape index (κ3) is 2.74. The highest BCUT2D eigenvalue weighted by atomic mass is 16.4. The van der Waals surface area contributed by atoms with Gasteiger partial charge in [-0.1, -0.05) is 6.07 Å². The largest absolute Gasteiger partial charge is 0.478 e. The molecule has 108 valence electrons. The fraction of sp³-hybridized carbons (Fsp3) is 0.200. The summed E-state index contributed by atoms with van der Waals surface area (Å²) < 4.78 is 4.94. The second-order valence-electron chi connectivity index (χ2n) is 4.94. The van der Waals surface area contributed by atoms with Gasteiger partial charge in [-0.25, -0.2) is 9.59 Å². The lowest BCUT2D eigenvalue weighted by Gasteiger charge is -2.15. The van der Waals surface area contributed by atoms with Crippen molar-refractivity contribution in [3.8, 4) is 0 Å². The van der Waals surface area contributed by atoms with Gasteiger partial charge in [-0.15, -0.1) is 0 Å². The standard InChI is InChI=1S/C15H14N2O4/c18-14(19)11-1-2-12-7-17(8-13(12)5-11)15(20)16-6-10-3-4-21-9-10/h1-5,9H,6-8H2,(H,16,20)(H,18,19). The molecule has 3 rings (SSSR count). The molecule has 0 aliphatic carbocycles. The van der Waals surface area contributed by atoms with Crippen LogP contribution in [0.15, 0.2) is 41.2 Å². The van der Waals surface area contributed by atoms with Crippen molar-refractivity contribution in [3.63, 3.8) is 0 Å². The van der Waals surface area contributed by atoms with E-state index in [1.165, 1.54) is 0 Å². The molecular weight excluding hydrogens is 272 g/mol. The highest BCUT2D eigenvalue weighted by Gasteiger charge is 2.24. The number of furan rings is 1. The Balaban J connectivity index is 1.64. The lowest BCUT2D eigenvalue weighted by Crippen LogP contribution is -2.35. The first-order valence-corrected chi connectivity index (χ1v) is 6.52. The van der Waals surface area contributed by atoms with Crippen LogP contribution < -0.4 is 5.32 Å². The number of hydrogen-bond acceptors (Lipinski definition) is 3. The maximum Gasteiger partial charge on any atom is 0.335 e. The van der Waals surface area contributed by atoms with E-state index in [1.54, 1.807) is 41.7 Å². The first kappa shape index (κ1) is 13.2. The number of carbonyl (C=O) groups is 2. The molecule has 2 aromatic rings. The predicted molar refractivity (Wildman–Crippen MR) is 73.6 cm³/mol. The smallest absolute Gasteiger partial charge is 0.335 e. The summed E-state index contributed by atoms with van der Waals surface area (Å²) in [6, 6.07) is 6.57. The SMILES string of the molecule is O=C(O)c1ccc2c(c1)CN(C(=O)NCc1ccoc1)C2. The van der Waals surface area contributed by atoms with Gasteiger partial charge in [-0.3, -0.25) is 0 Å². The van der Waals surface area contributed by atoms with Gasteiger partial charge in [0.15, 0.2) is 0 Å². The van der Waals surface area contributed by atoms with E-state index in [1.807, 2.05) is 0 Å². The molecule has 1 aliphatic rings. The van der Waals surface area contributed by atoms with Crippen molar-refractivity contribution < 1.29 is 19.1 Å². The Morgan fingerprint density at radius 3 is 2.76 bits per heavy atom. The van der Waals surface area contributed by atoms with Crippen LogP contribution in [0.4, 0.5) is 4.79 Å². The molecule has 0 spiro atoms. The van der Waals surface area contributed by atoms with Gasteiger partial charge in [0.1, 0.15) is 0 Å². The van der Waals surface area contributed by atoms with Gasteiger partial charge < -0.3 is 19.7 Å². The van der Waals surface area contributed by atoms with Gasteiger partial charge in [0, 0.05) is 25.2 Å². The predicted octanol–water partition coefficient (Wildman–Crippen LogP) is 2.20. The van der Waals surface area contributed by atoms with Crippen molar-refractivity contribution in [2.45, 2.75) is 19.6 Å². The van der Waals surface area contributed by atoms with E-state index >= 15 is 0 Å². The number of nitrogens with zero attached hydrogens (tertiary/aromatic N) is 1. The van der Waals surface area contributed by atoms with Crippen LogP contribution in [0, 0.1) is 0 Å². The Kier molecular flexibility index (Phi) is 3.35. The third-order valence-electron chi connectivity index (χ3n) is 3.49. The monoisotopic (exact) mass is 286 g/mol. The van der Waals surface area contributed by atoms with Crippen LogP contribution in [-0.4, -0.2) is 22.0 Å². The second kappa shape index (κ2) is 5.32. The number of carbonyl (C=O) groups excluding carboxylic acids is 1. The fourth-order valence-corrected chi connectivity index (χ4v) is 2.35. The molecule has 0 saturated heterocycles. The first-order chi connectivity index (χ1) is 10.1. The van der Waals surface area contributed by atoms with Crippen molar-refractivity contribution in [1.29, 1.82) is 0 Å². The molecule has 0 unspecified atom stereocenters. The minimum atomic E-state index is -0.958. The molecule has 21 heavy (non-hydrogen) atoms. The average Bonchev–Trinajstić information content (AvgIpc) is 3.12. The molecule has 0 radical (unpaired) electrons. The van der Waals surface area contributed by atoms with E-state index in [2.05, 4.69) is 5.32 Å². The fourth-order valence-electron chi connectivity index (χ4n) is 2.35. The zero-order valence-electron chi connectivity index (χ0n) is 11.2. The van der Waals surface area contributed by atoms with Crippen molar-refractivity contribution in [3.05, 3.63) is 59.0 Å².